The molecule has 0 atom stereocenters. The minimum Gasteiger partial charge on any atom is -0.539 e. The molecular weight excluding hydrogens is 178 g/mol. The summed E-state index contributed by atoms with van der Waals surface area (Å²) in [5.41, 5.74) is 0. The van der Waals surface area contributed by atoms with Crippen molar-refractivity contribution in [1.29, 1.82) is 0 Å². The molecule has 0 aliphatic heterocycles. The third-order valence-corrected chi connectivity index (χ3v) is 1.65. The number of halogens is 1. The van der Waals surface area contributed by atoms with Gasteiger partial charge in [0.25, 0.3) is 0 Å². The van der Waals surface area contributed by atoms with Gasteiger partial charge in [-0.2, -0.15) is 0 Å². The molecule has 1 aromatic rings. The van der Waals surface area contributed by atoms with Crippen LogP contribution in [0.25, 0.3) is 0 Å². The minimum atomic E-state index is -0.358. The van der Waals surface area contributed by atoms with E-state index >= 15 is 0 Å². The summed E-state index contributed by atoms with van der Waals surface area (Å²) in [5, 5.41) is 8.90. The minimum absolute atomic E-state index is 0.358. The predicted octanol–water partition coefficient (Wildman–Crippen LogP) is 0.986. The molecule has 0 spiro atoms. The number of ether oxygens (including phenoxy) is 1. The molecule has 1 rings (SSSR count). The first-order valence-corrected chi connectivity index (χ1v) is 3.73. The van der Waals surface area contributed by atoms with Gasteiger partial charge in [0.05, 0.1) is 12.1 Å². The maximum Gasteiger partial charge on any atom is 0.504 e. The zero-order chi connectivity index (χ0) is 8.97. The van der Waals surface area contributed by atoms with E-state index in [0.29, 0.717) is 16.5 Å². The van der Waals surface area contributed by atoms with Gasteiger partial charge in [-0.25, -0.2) is 0 Å². The van der Waals surface area contributed by atoms with Gasteiger partial charge in [-0.15, -0.1) is 0 Å². The van der Waals surface area contributed by atoms with Crippen molar-refractivity contribution < 1.29 is 14.4 Å². The fourth-order valence-corrected chi connectivity index (χ4v) is 1.06. The summed E-state index contributed by atoms with van der Waals surface area (Å²) >= 11 is 5.78. The Kier molecular flexibility index (Phi) is 3.25. The quantitative estimate of drug-likeness (QED) is 0.716. The molecular formula is C7H8BClO3. The lowest BCUT2D eigenvalue weighted by molar-refractivity contribution is 0.413. The van der Waals surface area contributed by atoms with Gasteiger partial charge in [0.15, 0.2) is 0 Å². The highest BCUT2D eigenvalue weighted by atomic mass is 35.5. The lowest BCUT2D eigenvalue weighted by atomic mass is 10.3. The smallest absolute Gasteiger partial charge is 0.504 e. The Hall–Kier alpha value is -0.865. The van der Waals surface area contributed by atoms with Crippen LogP contribution < -0.4 is 9.39 Å². The van der Waals surface area contributed by atoms with Crippen molar-refractivity contribution in [2.45, 2.75) is 0 Å². The van der Waals surface area contributed by atoms with Gasteiger partial charge < -0.3 is 14.4 Å². The molecule has 0 fully saturated rings. The van der Waals surface area contributed by atoms with Crippen molar-refractivity contribution in [2.24, 2.45) is 0 Å². The van der Waals surface area contributed by atoms with Crippen molar-refractivity contribution in [2.75, 3.05) is 7.11 Å². The van der Waals surface area contributed by atoms with Crippen LogP contribution >= 0.6 is 11.6 Å². The molecule has 0 radical (unpaired) electrons. The molecule has 0 aliphatic carbocycles. The van der Waals surface area contributed by atoms with Crippen LogP contribution in [-0.2, 0) is 0 Å². The van der Waals surface area contributed by atoms with E-state index in [2.05, 4.69) is 0 Å². The van der Waals surface area contributed by atoms with E-state index in [1.165, 1.54) is 7.11 Å². The van der Waals surface area contributed by atoms with E-state index in [0.717, 1.165) is 0 Å². The van der Waals surface area contributed by atoms with Crippen LogP contribution in [0.4, 0.5) is 0 Å². The highest BCUT2D eigenvalue weighted by molar-refractivity contribution is 6.32. The van der Waals surface area contributed by atoms with Crippen LogP contribution in [0, 0.1) is 0 Å². The summed E-state index contributed by atoms with van der Waals surface area (Å²) in [4.78, 5) is 0. The Bertz CT molecular complexity index is 267. The highest BCUT2D eigenvalue weighted by Gasteiger charge is 2.01. The van der Waals surface area contributed by atoms with Crippen LogP contribution in [0.1, 0.15) is 0 Å². The fourth-order valence-electron chi connectivity index (χ4n) is 0.811. The monoisotopic (exact) mass is 186 g/mol. The SMILES string of the molecule is COc1ccc(OBO)cc1Cl. The first kappa shape index (κ1) is 9.22. The summed E-state index contributed by atoms with van der Waals surface area (Å²) in [6.45, 7) is 0. The molecule has 12 heavy (non-hydrogen) atoms. The second-order valence-electron chi connectivity index (χ2n) is 2.07. The summed E-state index contributed by atoms with van der Waals surface area (Å²) in [6, 6.07) is 4.92. The zero-order valence-electron chi connectivity index (χ0n) is 6.58. The first-order chi connectivity index (χ1) is 5.77. The average Bonchev–Trinajstić information content (AvgIpc) is 2.05. The Morgan fingerprint density at radius 3 is 2.75 bits per heavy atom. The van der Waals surface area contributed by atoms with Crippen molar-refractivity contribution in [3.05, 3.63) is 23.2 Å². The van der Waals surface area contributed by atoms with Crippen LogP contribution in [-0.4, -0.2) is 19.8 Å². The molecule has 5 heteroatoms. The van der Waals surface area contributed by atoms with E-state index in [4.69, 9.17) is 26.0 Å². The summed E-state index contributed by atoms with van der Waals surface area (Å²) < 4.78 is 9.73. The molecule has 0 amide bonds. The van der Waals surface area contributed by atoms with Gasteiger partial charge in [-0.1, -0.05) is 11.6 Å². The maximum absolute atomic E-state index is 8.44. The second kappa shape index (κ2) is 4.23. The Morgan fingerprint density at radius 1 is 1.50 bits per heavy atom. The summed E-state index contributed by atoms with van der Waals surface area (Å²) in [7, 11) is 1.18. The number of benzene rings is 1. The molecule has 0 unspecified atom stereocenters. The van der Waals surface area contributed by atoms with Gasteiger partial charge in [0.2, 0.25) is 0 Å². The third kappa shape index (κ3) is 2.06. The van der Waals surface area contributed by atoms with E-state index < -0.39 is 0 Å². The van der Waals surface area contributed by atoms with E-state index in [1.807, 2.05) is 0 Å². The van der Waals surface area contributed by atoms with Crippen LogP contribution in [0.3, 0.4) is 0 Å². The van der Waals surface area contributed by atoms with Gasteiger partial charge in [0.1, 0.15) is 11.5 Å². The number of hydrogen-bond acceptors (Lipinski definition) is 3. The van der Waals surface area contributed by atoms with E-state index in [9.17, 15) is 0 Å². The van der Waals surface area contributed by atoms with Gasteiger partial charge in [-0.05, 0) is 12.1 Å². The van der Waals surface area contributed by atoms with Gasteiger partial charge >= 0.3 is 7.69 Å². The van der Waals surface area contributed by atoms with Crippen LogP contribution in [0.15, 0.2) is 18.2 Å². The Balaban J connectivity index is 2.86. The second-order valence-corrected chi connectivity index (χ2v) is 2.48. The molecule has 0 bridgehead atoms. The molecule has 0 saturated carbocycles. The Labute approximate surface area is 76.2 Å². The lowest BCUT2D eigenvalue weighted by Crippen LogP contribution is -1.99. The molecule has 3 nitrogen and oxygen atoms in total. The molecule has 0 aromatic heterocycles. The van der Waals surface area contributed by atoms with Gasteiger partial charge in [-0.3, -0.25) is 0 Å². The largest absolute Gasteiger partial charge is 0.539 e. The summed E-state index contributed by atoms with van der Waals surface area (Å²) in [5.74, 6) is 1.10. The normalized spacial score (nSPS) is 9.25. The van der Waals surface area contributed by atoms with Crippen molar-refractivity contribution >= 4 is 19.3 Å². The van der Waals surface area contributed by atoms with Crippen molar-refractivity contribution in [3.63, 3.8) is 0 Å². The third-order valence-electron chi connectivity index (χ3n) is 1.35. The van der Waals surface area contributed by atoms with E-state index in [1.54, 1.807) is 18.2 Å². The Morgan fingerprint density at radius 2 is 2.25 bits per heavy atom. The first-order valence-electron chi connectivity index (χ1n) is 3.35. The zero-order valence-corrected chi connectivity index (χ0v) is 7.34. The summed E-state index contributed by atoms with van der Waals surface area (Å²) in [6.07, 6.45) is 0. The topological polar surface area (TPSA) is 38.7 Å². The molecule has 1 N–H and O–H groups in total. The molecule has 0 aliphatic rings. The van der Waals surface area contributed by atoms with Gasteiger partial charge in [0, 0.05) is 6.07 Å². The molecule has 64 valence electrons. The fraction of sp³-hybridized carbons (Fsp3) is 0.143. The van der Waals surface area contributed by atoms with E-state index in [-0.39, 0.29) is 7.69 Å². The number of methoxy groups -OCH3 is 1. The maximum atomic E-state index is 8.44. The average molecular weight is 186 g/mol. The molecule has 0 heterocycles. The van der Waals surface area contributed by atoms with Crippen LogP contribution in [0.5, 0.6) is 11.5 Å². The highest BCUT2D eigenvalue weighted by Crippen LogP contribution is 2.27. The molecule has 1 aromatic carbocycles. The van der Waals surface area contributed by atoms with Crippen LogP contribution in [0.2, 0.25) is 5.02 Å². The number of hydrogen-bond donors (Lipinski definition) is 1. The predicted molar refractivity (Wildman–Crippen MR) is 48.0 cm³/mol. The van der Waals surface area contributed by atoms with Crippen molar-refractivity contribution in [3.8, 4) is 11.5 Å². The van der Waals surface area contributed by atoms with Crippen molar-refractivity contribution in [1.82, 2.24) is 0 Å². The lowest BCUT2D eigenvalue weighted by Gasteiger charge is -2.05. The standard InChI is InChI=1S/C7H8BClO3/c1-11-7-3-2-5(12-8-10)4-6(7)9/h2-4,8,10H,1H3. The molecule has 0 saturated heterocycles. The number of rotatable bonds is 3.